The number of carbonyl (C=O) groups is 1. The minimum Gasteiger partial charge on any atom is -0.340 e. The third kappa shape index (κ3) is 2.66. The summed E-state index contributed by atoms with van der Waals surface area (Å²) < 4.78 is 2.06. The van der Waals surface area contributed by atoms with E-state index in [1.807, 2.05) is 61.3 Å². The molecule has 1 spiro atoms. The maximum atomic E-state index is 12.8. The van der Waals surface area contributed by atoms with Crippen LogP contribution >= 0.6 is 11.6 Å². The molecule has 2 aromatic carbocycles. The highest BCUT2D eigenvalue weighted by atomic mass is 35.5. The zero-order valence-electron chi connectivity index (χ0n) is 16.5. The maximum Gasteiger partial charge on any atom is 0.254 e. The fourth-order valence-electron chi connectivity index (χ4n) is 4.76. The molecule has 0 saturated carbocycles. The molecule has 3 aromatic rings. The lowest BCUT2D eigenvalue weighted by Crippen LogP contribution is -2.50. The van der Waals surface area contributed by atoms with E-state index in [1.54, 1.807) is 0 Å². The van der Waals surface area contributed by atoms with Crippen molar-refractivity contribution in [3.8, 4) is 5.69 Å². The Hall–Kier alpha value is -2.86. The SMILES string of the molecule is Cc1nnc(N2CCC3(CC2)c2ccccc2C(=O)N3C)n1-c1ccc(Cl)cc1. The summed E-state index contributed by atoms with van der Waals surface area (Å²) in [6.07, 6.45) is 1.72. The van der Waals surface area contributed by atoms with E-state index in [2.05, 4.69) is 25.7 Å². The summed E-state index contributed by atoms with van der Waals surface area (Å²) in [5.74, 6) is 1.79. The first kappa shape index (κ1) is 18.2. The second-order valence-corrected chi connectivity index (χ2v) is 8.22. The van der Waals surface area contributed by atoms with Gasteiger partial charge in [0.2, 0.25) is 5.95 Å². The lowest BCUT2D eigenvalue weighted by Gasteiger charge is -2.44. The third-order valence-electron chi connectivity index (χ3n) is 6.37. The Bertz CT molecular complexity index is 1080. The first-order valence-corrected chi connectivity index (χ1v) is 10.2. The Morgan fingerprint density at radius 3 is 2.41 bits per heavy atom. The van der Waals surface area contributed by atoms with Crippen LogP contribution in [0.5, 0.6) is 0 Å². The van der Waals surface area contributed by atoms with E-state index in [9.17, 15) is 4.79 Å². The van der Waals surface area contributed by atoms with E-state index in [0.717, 1.165) is 54.5 Å². The van der Waals surface area contributed by atoms with Gasteiger partial charge in [0, 0.05) is 30.7 Å². The van der Waals surface area contributed by atoms with Crippen molar-refractivity contribution in [1.82, 2.24) is 19.7 Å². The molecule has 0 unspecified atom stereocenters. The Kier molecular flexibility index (Phi) is 4.13. The number of aryl methyl sites for hydroxylation is 1. The highest BCUT2D eigenvalue weighted by Crippen LogP contribution is 2.45. The smallest absolute Gasteiger partial charge is 0.254 e. The Morgan fingerprint density at radius 2 is 1.69 bits per heavy atom. The zero-order chi connectivity index (χ0) is 20.2. The molecule has 0 N–H and O–H groups in total. The van der Waals surface area contributed by atoms with E-state index in [4.69, 9.17) is 11.6 Å². The first-order valence-electron chi connectivity index (χ1n) is 9.82. The lowest BCUT2D eigenvalue weighted by molar-refractivity contribution is 0.0568. The molecule has 1 amide bonds. The van der Waals surface area contributed by atoms with Gasteiger partial charge in [-0.05, 0) is 55.7 Å². The second kappa shape index (κ2) is 6.59. The number of anilines is 1. The molecule has 0 atom stereocenters. The van der Waals surface area contributed by atoms with Gasteiger partial charge in [-0.3, -0.25) is 9.36 Å². The number of piperidine rings is 1. The Balaban J connectivity index is 1.46. The molecule has 2 aliphatic heterocycles. The van der Waals surface area contributed by atoms with Crippen molar-refractivity contribution < 1.29 is 4.79 Å². The van der Waals surface area contributed by atoms with Gasteiger partial charge in [0.25, 0.3) is 5.91 Å². The topological polar surface area (TPSA) is 54.3 Å². The number of hydrogen-bond acceptors (Lipinski definition) is 4. The zero-order valence-corrected chi connectivity index (χ0v) is 17.2. The van der Waals surface area contributed by atoms with Crippen molar-refractivity contribution in [1.29, 1.82) is 0 Å². The van der Waals surface area contributed by atoms with Crippen LogP contribution in [-0.2, 0) is 5.54 Å². The van der Waals surface area contributed by atoms with Crippen molar-refractivity contribution in [2.45, 2.75) is 25.3 Å². The van der Waals surface area contributed by atoms with Gasteiger partial charge in [-0.25, -0.2) is 0 Å². The van der Waals surface area contributed by atoms with Crippen LogP contribution in [0.2, 0.25) is 5.02 Å². The summed E-state index contributed by atoms with van der Waals surface area (Å²) in [5.41, 5.74) is 2.75. The average Bonchev–Trinajstić information content (AvgIpc) is 3.22. The number of carbonyl (C=O) groups excluding carboxylic acids is 1. The second-order valence-electron chi connectivity index (χ2n) is 7.79. The van der Waals surface area contributed by atoms with Gasteiger partial charge >= 0.3 is 0 Å². The Labute approximate surface area is 174 Å². The number of nitrogens with zero attached hydrogens (tertiary/aromatic N) is 5. The van der Waals surface area contributed by atoms with E-state index < -0.39 is 0 Å². The molecule has 6 nitrogen and oxygen atoms in total. The highest BCUT2D eigenvalue weighted by molar-refractivity contribution is 6.30. The van der Waals surface area contributed by atoms with Crippen molar-refractivity contribution in [3.63, 3.8) is 0 Å². The minimum atomic E-state index is -0.232. The van der Waals surface area contributed by atoms with Gasteiger partial charge in [0.15, 0.2) is 0 Å². The molecular weight excluding hydrogens is 386 g/mol. The Morgan fingerprint density at radius 1 is 1.00 bits per heavy atom. The summed E-state index contributed by atoms with van der Waals surface area (Å²) in [7, 11) is 1.93. The number of halogens is 1. The maximum absolute atomic E-state index is 12.8. The van der Waals surface area contributed by atoms with Gasteiger partial charge in [-0.2, -0.15) is 0 Å². The van der Waals surface area contributed by atoms with Crippen molar-refractivity contribution in [2.24, 2.45) is 0 Å². The molecule has 1 aromatic heterocycles. The van der Waals surface area contributed by atoms with Crippen molar-refractivity contribution in [2.75, 3.05) is 25.0 Å². The van der Waals surface area contributed by atoms with E-state index in [1.165, 1.54) is 0 Å². The van der Waals surface area contributed by atoms with Gasteiger partial charge in [-0.15, -0.1) is 10.2 Å². The summed E-state index contributed by atoms with van der Waals surface area (Å²) in [6, 6.07) is 15.7. The van der Waals surface area contributed by atoms with Gasteiger partial charge < -0.3 is 9.80 Å². The molecule has 1 fully saturated rings. The van der Waals surface area contributed by atoms with Crippen LogP contribution in [0, 0.1) is 6.92 Å². The summed E-state index contributed by atoms with van der Waals surface area (Å²) >= 11 is 6.05. The monoisotopic (exact) mass is 407 g/mol. The normalized spacial score (nSPS) is 17.8. The van der Waals surface area contributed by atoms with E-state index in [-0.39, 0.29) is 11.4 Å². The number of hydrogen-bond donors (Lipinski definition) is 0. The first-order chi connectivity index (χ1) is 14.0. The molecule has 0 bridgehead atoms. The predicted molar refractivity (Wildman–Crippen MR) is 113 cm³/mol. The average molecular weight is 408 g/mol. The summed E-state index contributed by atoms with van der Waals surface area (Å²) in [6.45, 7) is 3.56. The minimum absolute atomic E-state index is 0.120. The van der Waals surface area contributed by atoms with Crippen LogP contribution in [0.1, 0.15) is 34.6 Å². The van der Waals surface area contributed by atoms with Crippen LogP contribution in [0.4, 0.5) is 5.95 Å². The van der Waals surface area contributed by atoms with Crippen LogP contribution < -0.4 is 4.90 Å². The molecule has 5 rings (SSSR count). The fourth-order valence-corrected chi connectivity index (χ4v) is 4.89. The van der Waals surface area contributed by atoms with Crippen LogP contribution in [0.15, 0.2) is 48.5 Å². The van der Waals surface area contributed by atoms with Crippen LogP contribution in [-0.4, -0.2) is 45.7 Å². The molecular formula is C22H22ClN5O. The van der Waals surface area contributed by atoms with Crippen LogP contribution in [0.25, 0.3) is 5.69 Å². The van der Waals surface area contributed by atoms with Gasteiger partial charge in [0.1, 0.15) is 5.82 Å². The molecule has 29 heavy (non-hydrogen) atoms. The molecule has 2 aliphatic rings. The van der Waals surface area contributed by atoms with Crippen LogP contribution in [0.3, 0.4) is 0 Å². The highest BCUT2D eigenvalue weighted by Gasteiger charge is 2.49. The third-order valence-corrected chi connectivity index (χ3v) is 6.62. The summed E-state index contributed by atoms with van der Waals surface area (Å²) in [5, 5.41) is 9.48. The predicted octanol–water partition coefficient (Wildman–Crippen LogP) is 3.81. The molecule has 0 aliphatic carbocycles. The number of aromatic nitrogens is 3. The van der Waals surface area contributed by atoms with Crippen molar-refractivity contribution >= 4 is 23.5 Å². The summed E-state index contributed by atoms with van der Waals surface area (Å²) in [4.78, 5) is 17.0. The number of benzene rings is 2. The molecule has 148 valence electrons. The number of amides is 1. The number of fused-ring (bicyclic) bond motifs is 2. The van der Waals surface area contributed by atoms with E-state index >= 15 is 0 Å². The fraction of sp³-hybridized carbons (Fsp3) is 0.318. The standard InChI is InChI=1S/C22H22ClN5O/c1-15-24-25-21(28(15)17-9-7-16(23)8-10-17)27-13-11-22(12-14-27)19-6-4-3-5-18(19)20(29)26(22)2/h3-10H,11-14H2,1-2H3. The quantitative estimate of drug-likeness (QED) is 0.648. The molecule has 0 radical (unpaired) electrons. The van der Waals surface area contributed by atoms with Gasteiger partial charge in [0.05, 0.1) is 11.2 Å². The molecule has 3 heterocycles. The molecule has 1 saturated heterocycles. The van der Waals surface area contributed by atoms with Gasteiger partial charge in [-0.1, -0.05) is 29.8 Å². The van der Waals surface area contributed by atoms with Crippen molar-refractivity contribution in [3.05, 3.63) is 70.5 Å². The van der Waals surface area contributed by atoms with E-state index in [0.29, 0.717) is 5.02 Å². The molecule has 7 heteroatoms. The lowest BCUT2D eigenvalue weighted by atomic mass is 9.81. The number of rotatable bonds is 2. The largest absolute Gasteiger partial charge is 0.340 e.